The summed E-state index contributed by atoms with van der Waals surface area (Å²) in [4.78, 5) is 22.8. The van der Waals surface area contributed by atoms with Crippen molar-refractivity contribution >= 4 is 17.2 Å². The maximum atomic E-state index is 13.5. The van der Waals surface area contributed by atoms with Crippen molar-refractivity contribution < 1.29 is 18.8 Å². The first-order chi connectivity index (χ1) is 15.4. The van der Waals surface area contributed by atoms with Crippen molar-refractivity contribution in [2.75, 3.05) is 13.2 Å². The maximum Gasteiger partial charge on any atom is 0.273 e. The van der Waals surface area contributed by atoms with Gasteiger partial charge >= 0.3 is 0 Å². The van der Waals surface area contributed by atoms with Crippen molar-refractivity contribution in [1.82, 2.24) is 25.1 Å². The van der Waals surface area contributed by atoms with E-state index in [1.807, 2.05) is 0 Å². The molecule has 0 spiro atoms. The molecule has 0 atom stereocenters. The molecule has 162 valence electrons. The fraction of sp³-hybridized carbons (Fsp3) is 0.143. The Hall–Kier alpha value is -4.41. The topological polar surface area (TPSA) is 125 Å². The minimum absolute atomic E-state index is 0.107. The first-order valence-corrected chi connectivity index (χ1v) is 9.57. The lowest BCUT2D eigenvalue weighted by atomic mass is 10.1. The molecule has 2 aromatic carbocycles. The van der Waals surface area contributed by atoms with Crippen LogP contribution in [0.15, 0.2) is 54.6 Å². The number of nitro benzene ring substituents is 1. The van der Waals surface area contributed by atoms with E-state index in [0.717, 1.165) is 0 Å². The number of aromatic nitrogens is 4. The molecule has 0 bridgehead atoms. The summed E-state index contributed by atoms with van der Waals surface area (Å²) in [5, 5.41) is 26.1. The van der Waals surface area contributed by atoms with E-state index in [2.05, 4.69) is 20.6 Å². The highest BCUT2D eigenvalue weighted by Crippen LogP contribution is 2.20. The average molecular weight is 436 g/mol. The molecule has 1 amide bonds. The minimum atomic E-state index is -0.528. The van der Waals surface area contributed by atoms with Crippen molar-refractivity contribution in [3.63, 3.8) is 0 Å². The number of carbonyl (C=O) groups excluding carboxylic acids is 1. The number of fused-ring (bicyclic) bond motifs is 1. The first-order valence-electron chi connectivity index (χ1n) is 9.57. The highest BCUT2D eigenvalue weighted by Gasteiger charge is 2.15. The van der Waals surface area contributed by atoms with Gasteiger partial charge < -0.3 is 10.1 Å². The summed E-state index contributed by atoms with van der Waals surface area (Å²) in [6.45, 7) is 1.86. The van der Waals surface area contributed by atoms with Gasteiger partial charge in [0.1, 0.15) is 12.4 Å². The van der Waals surface area contributed by atoms with Gasteiger partial charge in [-0.3, -0.25) is 14.9 Å². The molecular weight excluding hydrogens is 419 g/mol. The van der Waals surface area contributed by atoms with E-state index in [0.29, 0.717) is 22.6 Å². The highest BCUT2D eigenvalue weighted by atomic mass is 19.1. The van der Waals surface area contributed by atoms with Gasteiger partial charge in [0.05, 0.1) is 11.5 Å². The number of nitro groups is 1. The van der Waals surface area contributed by atoms with Crippen molar-refractivity contribution in [2.24, 2.45) is 0 Å². The van der Waals surface area contributed by atoms with Crippen LogP contribution in [0.4, 0.5) is 10.1 Å². The zero-order valence-electron chi connectivity index (χ0n) is 16.9. The zero-order chi connectivity index (χ0) is 22.7. The molecule has 2 aromatic heterocycles. The molecule has 0 aliphatic heterocycles. The number of aryl methyl sites for hydroxylation is 1. The van der Waals surface area contributed by atoms with Crippen LogP contribution >= 0.6 is 0 Å². The van der Waals surface area contributed by atoms with Crippen LogP contribution in [0.25, 0.3) is 17.0 Å². The fourth-order valence-corrected chi connectivity index (χ4v) is 3.03. The van der Waals surface area contributed by atoms with Crippen molar-refractivity contribution in [3.05, 3.63) is 81.7 Å². The molecule has 4 aromatic rings. The fourth-order valence-electron chi connectivity index (χ4n) is 3.03. The molecule has 0 aliphatic rings. The van der Waals surface area contributed by atoms with E-state index in [1.54, 1.807) is 31.2 Å². The largest absolute Gasteiger partial charge is 0.475 e. The van der Waals surface area contributed by atoms with Gasteiger partial charge in [-0.2, -0.15) is 4.52 Å². The number of rotatable bonds is 7. The number of hydrogen-bond donors (Lipinski definition) is 1. The molecule has 0 saturated heterocycles. The molecule has 1 N–H and O–H groups in total. The summed E-state index contributed by atoms with van der Waals surface area (Å²) in [5.41, 5.74) is 1.52. The summed E-state index contributed by atoms with van der Waals surface area (Å²) < 4.78 is 20.6. The summed E-state index contributed by atoms with van der Waals surface area (Å²) in [5.74, 6) is -0.233. The SMILES string of the molecule is Cc1ccc(C(=O)NCCOc2ccc3nnc(-c4cccc(F)c4)n3n2)cc1[N+](=O)[O-]. The van der Waals surface area contributed by atoms with Crippen LogP contribution < -0.4 is 10.1 Å². The Bertz CT molecular complexity index is 1320. The minimum Gasteiger partial charge on any atom is -0.475 e. The average Bonchev–Trinajstić information content (AvgIpc) is 3.20. The quantitative estimate of drug-likeness (QED) is 0.268. The van der Waals surface area contributed by atoms with Crippen LogP contribution in [-0.2, 0) is 0 Å². The molecule has 11 heteroatoms. The zero-order valence-corrected chi connectivity index (χ0v) is 16.9. The van der Waals surface area contributed by atoms with E-state index < -0.39 is 16.6 Å². The molecule has 0 fully saturated rings. The number of carbonyl (C=O) groups is 1. The number of hydrogen-bond acceptors (Lipinski definition) is 7. The van der Waals surface area contributed by atoms with Crippen LogP contribution in [-0.4, -0.2) is 43.8 Å². The first kappa shape index (κ1) is 20.8. The van der Waals surface area contributed by atoms with Crippen LogP contribution in [0.3, 0.4) is 0 Å². The monoisotopic (exact) mass is 436 g/mol. The number of nitrogens with zero attached hydrogens (tertiary/aromatic N) is 5. The second kappa shape index (κ2) is 8.76. The molecule has 0 unspecified atom stereocenters. The number of amides is 1. The number of halogens is 1. The van der Waals surface area contributed by atoms with Crippen LogP contribution in [0.1, 0.15) is 15.9 Å². The van der Waals surface area contributed by atoms with Gasteiger partial charge in [-0.05, 0) is 31.2 Å². The number of benzene rings is 2. The second-order valence-corrected chi connectivity index (χ2v) is 6.84. The van der Waals surface area contributed by atoms with Gasteiger partial charge in [-0.15, -0.1) is 15.3 Å². The van der Waals surface area contributed by atoms with Crippen LogP contribution in [0, 0.1) is 22.9 Å². The van der Waals surface area contributed by atoms with Crippen molar-refractivity contribution in [3.8, 4) is 17.3 Å². The Labute approximate surface area is 180 Å². The van der Waals surface area contributed by atoms with E-state index in [9.17, 15) is 19.3 Å². The molecule has 10 nitrogen and oxygen atoms in total. The Kier molecular flexibility index (Phi) is 5.71. The molecule has 0 radical (unpaired) electrons. The van der Waals surface area contributed by atoms with Gasteiger partial charge in [-0.25, -0.2) is 4.39 Å². The Morgan fingerprint density at radius 3 is 2.81 bits per heavy atom. The predicted molar refractivity (Wildman–Crippen MR) is 112 cm³/mol. The molecule has 32 heavy (non-hydrogen) atoms. The van der Waals surface area contributed by atoms with Gasteiger partial charge in [-0.1, -0.05) is 18.2 Å². The lowest BCUT2D eigenvalue weighted by Gasteiger charge is -2.08. The van der Waals surface area contributed by atoms with E-state index >= 15 is 0 Å². The summed E-state index contributed by atoms with van der Waals surface area (Å²) in [6.07, 6.45) is 0. The lowest BCUT2D eigenvalue weighted by molar-refractivity contribution is -0.385. The molecule has 0 aliphatic carbocycles. The summed E-state index contributed by atoms with van der Waals surface area (Å²) >= 11 is 0. The smallest absolute Gasteiger partial charge is 0.273 e. The van der Waals surface area contributed by atoms with Crippen molar-refractivity contribution in [1.29, 1.82) is 0 Å². The van der Waals surface area contributed by atoms with Crippen LogP contribution in [0.2, 0.25) is 0 Å². The third kappa shape index (κ3) is 4.36. The summed E-state index contributed by atoms with van der Waals surface area (Å²) in [7, 11) is 0. The molecule has 0 saturated carbocycles. The molecular formula is C21H17FN6O4. The third-order valence-electron chi connectivity index (χ3n) is 4.63. The van der Waals surface area contributed by atoms with Crippen molar-refractivity contribution in [2.45, 2.75) is 6.92 Å². The Balaban J connectivity index is 1.40. The Morgan fingerprint density at radius 2 is 2.03 bits per heavy atom. The molecule has 4 rings (SSSR count). The van der Waals surface area contributed by atoms with Gasteiger partial charge in [0.2, 0.25) is 5.88 Å². The van der Waals surface area contributed by atoms with Gasteiger partial charge in [0.25, 0.3) is 11.6 Å². The summed E-state index contributed by atoms with van der Waals surface area (Å²) in [6, 6.07) is 13.5. The number of ether oxygens (including phenoxy) is 1. The number of nitrogens with one attached hydrogen (secondary N) is 1. The maximum absolute atomic E-state index is 13.5. The van der Waals surface area contributed by atoms with Crippen LogP contribution in [0.5, 0.6) is 5.88 Å². The van der Waals surface area contributed by atoms with Gasteiger partial charge in [0.15, 0.2) is 11.5 Å². The van der Waals surface area contributed by atoms with Gasteiger partial charge in [0, 0.05) is 28.8 Å². The predicted octanol–water partition coefficient (Wildman–Crippen LogP) is 2.96. The van der Waals surface area contributed by atoms with E-state index in [4.69, 9.17) is 4.74 Å². The Morgan fingerprint density at radius 1 is 1.19 bits per heavy atom. The third-order valence-corrected chi connectivity index (χ3v) is 4.63. The highest BCUT2D eigenvalue weighted by molar-refractivity contribution is 5.94. The van der Waals surface area contributed by atoms with E-state index in [1.165, 1.54) is 34.8 Å². The van der Waals surface area contributed by atoms with E-state index in [-0.39, 0.29) is 30.3 Å². The molecule has 2 heterocycles. The lowest BCUT2D eigenvalue weighted by Crippen LogP contribution is -2.28. The standard InChI is InChI=1S/C21H17FN6O4/c1-13-5-6-15(12-17(13)28(30)31)21(29)23-9-10-32-19-8-7-18-24-25-20(27(18)26-19)14-3-2-4-16(22)11-14/h2-8,11-12H,9-10H2,1H3,(H,23,29). The normalized spacial score (nSPS) is 10.8. The second-order valence-electron chi connectivity index (χ2n) is 6.84.